The maximum atomic E-state index is 10.9. The number of aliphatic hydroxyl groups excluding tert-OH is 1. The average molecular weight is 305 g/mol. The van der Waals surface area contributed by atoms with Crippen molar-refractivity contribution in [2.24, 2.45) is 10.8 Å². The quantitative estimate of drug-likeness (QED) is 0.740. The smallest absolute Gasteiger partial charge is 0.152 e. The van der Waals surface area contributed by atoms with Gasteiger partial charge in [-0.3, -0.25) is 4.90 Å². The summed E-state index contributed by atoms with van der Waals surface area (Å²) in [5.41, 5.74) is -0.0763. The molecule has 0 spiro atoms. The Hall–Kier alpha value is 0.0300. The molecule has 5 heteroatoms. The predicted molar refractivity (Wildman–Crippen MR) is 84.1 cm³/mol. The lowest BCUT2D eigenvalue weighted by atomic mass is 9.75. The lowest BCUT2D eigenvalue weighted by Crippen LogP contribution is -2.55. The van der Waals surface area contributed by atoms with E-state index in [1.54, 1.807) is 0 Å². The minimum Gasteiger partial charge on any atom is -0.392 e. The fourth-order valence-electron chi connectivity index (χ4n) is 3.47. The molecule has 3 unspecified atom stereocenters. The van der Waals surface area contributed by atoms with Crippen LogP contribution in [-0.2, 0) is 11.1 Å². The van der Waals surface area contributed by atoms with E-state index in [2.05, 4.69) is 39.5 Å². The predicted octanol–water partition coefficient (Wildman–Crippen LogP) is 2.50. The van der Waals surface area contributed by atoms with E-state index < -0.39 is 11.1 Å². The van der Waals surface area contributed by atoms with Crippen molar-refractivity contribution in [1.82, 2.24) is 4.90 Å². The van der Waals surface area contributed by atoms with Gasteiger partial charge in [-0.05, 0) is 24.7 Å². The van der Waals surface area contributed by atoms with Gasteiger partial charge in [0.15, 0.2) is 11.1 Å². The maximum Gasteiger partial charge on any atom is 0.152 e. The Morgan fingerprint density at radius 3 is 2.50 bits per heavy atom. The summed E-state index contributed by atoms with van der Waals surface area (Å²) in [6.07, 6.45) is 2.35. The van der Waals surface area contributed by atoms with Crippen molar-refractivity contribution >= 4 is 11.1 Å². The normalized spacial score (nSPS) is 27.2. The molecule has 2 N–H and O–H groups in total. The minimum atomic E-state index is -1.72. The van der Waals surface area contributed by atoms with Gasteiger partial charge >= 0.3 is 0 Å². The number of aliphatic hydroxyl groups is 1. The molecule has 0 amide bonds. The first-order chi connectivity index (χ1) is 9.10. The molecular weight excluding hydrogens is 274 g/mol. The van der Waals surface area contributed by atoms with Crippen molar-refractivity contribution in [3.8, 4) is 0 Å². The standard InChI is InChI=1S/C15H31NO3S/c1-6-12(14(2,3)8-10-20(18)19)16-9-7-13(17)15(4,5)11-16/h12-13,17H,6-11H2,1-5H3,(H,18,19). The van der Waals surface area contributed by atoms with Crippen LogP contribution in [0.2, 0.25) is 0 Å². The molecule has 0 aromatic carbocycles. The molecule has 0 radical (unpaired) electrons. The molecule has 0 aliphatic carbocycles. The molecule has 3 atom stereocenters. The van der Waals surface area contributed by atoms with Crippen molar-refractivity contribution < 1.29 is 13.9 Å². The van der Waals surface area contributed by atoms with Gasteiger partial charge in [0, 0.05) is 30.3 Å². The van der Waals surface area contributed by atoms with Crippen LogP contribution < -0.4 is 0 Å². The Bertz CT molecular complexity index is 344. The summed E-state index contributed by atoms with van der Waals surface area (Å²) in [4.78, 5) is 2.47. The average Bonchev–Trinajstić information content (AvgIpc) is 2.31. The lowest BCUT2D eigenvalue weighted by Gasteiger charge is -2.49. The van der Waals surface area contributed by atoms with Crippen LogP contribution in [0.5, 0.6) is 0 Å². The zero-order chi connectivity index (χ0) is 15.6. The Labute approximate surface area is 126 Å². The molecule has 0 aromatic heterocycles. The van der Waals surface area contributed by atoms with Crippen LogP contribution in [0.1, 0.15) is 53.9 Å². The monoisotopic (exact) mass is 305 g/mol. The van der Waals surface area contributed by atoms with Crippen molar-refractivity contribution in [3.63, 3.8) is 0 Å². The highest BCUT2D eigenvalue weighted by Gasteiger charge is 2.40. The molecule has 1 rings (SSSR count). The van der Waals surface area contributed by atoms with E-state index in [0.29, 0.717) is 11.8 Å². The number of hydrogen-bond acceptors (Lipinski definition) is 3. The van der Waals surface area contributed by atoms with E-state index >= 15 is 0 Å². The fourth-order valence-corrected chi connectivity index (χ4v) is 4.18. The molecule has 1 heterocycles. The summed E-state index contributed by atoms with van der Waals surface area (Å²) in [6, 6.07) is 0.387. The molecule has 0 bridgehead atoms. The van der Waals surface area contributed by atoms with Gasteiger partial charge in [-0.25, -0.2) is 4.21 Å². The maximum absolute atomic E-state index is 10.9. The second kappa shape index (κ2) is 6.86. The topological polar surface area (TPSA) is 60.8 Å². The van der Waals surface area contributed by atoms with Crippen molar-refractivity contribution in [3.05, 3.63) is 0 Å². The third-order valence-corrected chi connectivity index (χ3v) is 5.41. The molecule has 1 saturated heterocycles. The number of piperidine rings is 1. The van der Waals surface area contributed by atoms with Gasteiger partial charge in [0.05, 0.1) is 6.10 Å². The molecular formula is C15H31NO3S. The summed E-state index contributed by atoms with van der Waals surface area (Å²) in [6.45, 7) is 12.6. The summed E-state index contributed by atoms with van der Waals surface area (Å²) in [5, 5.41) is 10.1. The fraction of sp³-hybridized carbons (Fsp3) is 1.00. The van der Waals surface area contributed by atoms with Crippen LogP contribution in [0.3, 0.4) is 0 Å². The highest BCUT2D eigenvalue weighted by atomic mass is 32.2. The third kappa shape index (κ3) is 4.52. The van der Waals surface area contributed by atoms with Crippen LogP contribution in [0, 0.1) is 10.8 Å². The molecule has 4 nitrogen and oxygen atoms in total. The SMILES string of the molecule is CCC(N1CCC(O)C(C)(C)C1)C(C)(C)CCS(=O)O. The Balaban J connectivity index is 2.77. The summed E-state index contributed by atoms with van der Waals surface area (Å²) >= 11 is -1.72. The van der Waals surface area contributed by atoms with E-state index in [4.69, 9.17) is 4.55 Å². The highest BCUT2D eigenvalue weighted by molar-refractivity contribution is 7.79. The van der Waals surface area contributed by atoms with Crippen molar-refractivity contribution in [1.29, 1.82) is 0 Å². The molecule has 1 aliphatic rings. The Morgan fingerprint density at radius 1 is 1.45 bits per heavy atom. The van der Waals surface area contributed by atoms with Gasteiger partial charge < -0.3 is 9.66 Å². The van der Waals surface area contributed by atoms with Gasteiger partial charge in [-0.15, -0.1) is 0 Å². The van der Waals surface area contributed by atoms with E-state index in [-0.39, 0.29) is 16.9 Å². The van der Waals surface area contributed by atoms with Crippen LogP contribution in [0.4, 0.5) is 0 Å². The highest BCUT2D eigenvalue weighted by Crippen LogP contribution is 2.37. The first-order valence-electron chi connectivity index (χ1n) is 7.59. The molecule has 0 saturated carbocycles. The van der Waals surface area contributed by atoms with Gasteiger partial charge in [-0.1, -0.05) is 34.6 Å². The number of rotatable bonds is 6. The van der Waals surface area contributed by atoms with E-state index in [1.807, 2.05) is 0 Å². The van der Waals surface area contributed by atoms with Gasteiger partial charge in [0.1, 0.15) is 0 Å². The summed E-state index contributed by atoms with van der Waals surface area (Å²) in [7, 11) is 0. The van der Waals surface area contributed by atoms with Gasteiger partial charge in [-0.2, -0.15) is 0 Å². The summed E-state index contributed by atoms with van der Waals surface area (Å²) < 4.78 is 20.0. The Morgan fingerprint density at radius 2 is 2.05 bits per heavy atom. The number of nitrogens with zero attached hydrogens (tertiary/aromatic N) is 1. The van der Waals surface area contributed by atoms with Crippen LogP contribution in [-0.4, -0.2) is 49.8 Å². The molecule has 120 valence electrons. The molecule has 20 heavy (non-hydrogen) atoms. The van der Waals surface area contributed by atoms with Gasteiger partial charge in [0.25, 0.3) is 0 Å². The minimum absolute atomic E-state index is 0.00547. The Kier molecular flexibility index (Phi) is 6.20. The van der Waals surface area contributed by atoms with E-state index in [1.165, 1.54) is 0 Å². The first-order valence-corrected chi connectivity index (χ1v) is 8.87. The van der Waals surface area contributed by atoms with Crippen molar-refractivity contribution in [2.75, 3.05) is 18.8 Å². The zero-order valence-electron chi connectivity index (χ0n) is 13.6. The molecule has 1 aliphatic heterocycles. The van der Waals surface area contributed by atoms with Crippen LogP contribution in [0.15, 0.2) is 0 Å². The first kappa shape index (κ1) is 18.1. The van der Waals surface area contributed by atoms with Gasteiger partial charge in [0.2, 0.25) is 0 Å². The van der Waals surface area contributed by atoms with E-state index in [0.717, 1.165) is 32.4 Å². The van der Waals surface area contributed by atoms with Crippen molar-refractivity contribution in [2.45, 2.75) is 66.0 Å². The molecule has 1 fully saturated rings. The van der Waals surface area contributed by atoms with Crippen LogP contribution in [0.25, 0.3) is 0 Å². The number of hydrogen-bond donors (Lipinski definition) is 2. The molecule has 0 aromatic rings. The lowest BCUT2D eigenvalue weighted by molar-refractivity contribution is -0.0580. The van der Waals surface area contributed by atoms with E-state index in [9.17, 15) is 9.32 Å². The largest absolute Gasteiger partial charge is 0.392 e. The second-order valence-electron chi connectivity index (χ2n) is 7.45. The summed E-state index contributed by atoms with van der Waals surface area (Å²) in [5.74, 6) is 0.337. The third-order valence-electron chi connectivity index (χ3n) is 4.85. The second-order valence-corrected chi connectivity index (χ2v) is 8.50. The number of likely N-dealkylation sites (tertiary alicyclic amines) is 1. The zero-order valence-corrected chi connectivity index (χ0v) is 14.4. The van der Waals surface area contributed by atoms with Crippen LogP contribution >= 0.6 is 0 Å².